The van der Waals surface area contributed by atoms with Crippen LogP contribution in [0, 0.1) is 17.0 Å². The average Bonchev–Trinajstić information content (AvgIpc) is 2.98. The molecule has 1 amide bonds. The Balaban J connectivity index is 1.76. The first kappa shape index (κ1) is 21.8. The molecule has 2 aromatic carbocycles. The number of benzene rings is 2. The van der Waals surface area contributed by atoms with Gasteiger partial charge in [0.25, 0.3) is 11.6 Å². The lowest BCUT2D eigenvalue weighted by Gasteiger charge is -2.11. The van der Waals surface area contributed by atoms with Crippen LogP contribution >= 0.6 is 24.0 Å². The van der Waals surface area contributed by atoms with Gasteiger partial charge in [0.05, 0.1) is 9.83 Å². The summed E-state index contributed by atoms with van der Waals surface area (Å²) in [5.74, 6) is 0.953. The monoisotopic (exact) mass is 444 g/mol. The zero-order valence-corrected chi connectivity index (χ0v) is 18.1. The van der Waals surface area contributed by atoms with Crippen LogP contribution in [0.3, 0.4) is 0 Å². The zero-order chi connectivity index (χ0) is 21.7. The molecule has 1 aliphatic rings. The number of carbonyl (C=O) groups is 1. The Labute approximate surface area is 183 Å². The first-order valence-electron chi connectivity index (χ1n) is 9.25. The van der Waals surface area contributed by atoms with Gasteiger partial charge in [-0.25, -0.2) is 0 Å². The number of nitrogens with zero attached hydrogens (tertiary/aromatic N) is 2. The first-order chi connectivity index (χ1) is 14.4. The van der Waals surface area contributed by atoms with E-state index in [1.807, 2.05) is 38.1 Å². The predicted molar refractivity (Wildman–Crippen MR) is 121 cm³/mol. The SMILES string of the molecule is CCN1C(=O)/C(=C\c2cc([N+](=O)[O-])ccc2OCCOc2cccc(C)c2)SC1=S. The van der Waals surface area contributed by atoms with Crippen LogP contribution in [0.15, 0.2) is 47.4 Å². The van der Waals surface area contributed by atoms with Crippen molar-refractivity contribution in [3.05, 3.63) is 68.6 Å². The molecule has 0 aromatic heterocycles. The highest BCUT2D eigenvalue weighted by molar-refractivity contribution is 8.26. The van der Waals surface area contributed by atoms with Crippen molar-refractivity contribution >= 4 is 46.0 Å². The molecule has 0 unspecified atom stereocenters. The van der Waals surface area contributed by atoms with Gasteiger partial charge in [-0.05, 0) is 43.7 Å². The van der Waals surface area contributed by atoms with E-state index in [0.717, 1.165) is 11.3 Å². The van der Waals surface area contributed by atoms with Gasteiger partial charge in [-0.2, -0.15) is 0 Å². The number of thioether (sulfide) groups is 1. The van der Waals surface area contributed by atoms with E-state index in [-0.39, 0.29) is 18.2 Å². The van der Waals surface area contributed by atoms with Gasteiger partial charge in [0, 0.05) is 24.2 Å². The fourth-order valence-electron chi connectivity index (χ4n) is 2.82. The van der Waals surface area contributed by atoms with Crippen molar-refractivity contribution in [2.75, 3.05) is 19.8 Å². The number of nitro groups is 1. The van der Waals surface area contributed by atoms with Gasteiger partial charge in [0.15, 0.2) is 0 Å². The molecular formula is C21H20N2O5S2. The predicted octanol–water partition coefficient (Wildman–Crippen LogP) is 4.58. The zero-order valence-electron chi connectivity index (χ0n) is 16.5. The van der Waals surface area contributed by atoms with Crippen molar-refractivity contribution in [1.29, 1.82) is 0 Å². The highest BCUT2D eigenvalue weighted by atomic mass is 32.2. The van der Waals surface area contributed by atoms with Gasteiger partial charge in [0.1, 0.15) is 29.0 Å². The molecule has 1 fully saturated rings. The van der Waals surface area contributed by atoms with E-state index in [1.165, 1.54) is 34.9 Å². The van der Waals surface area contributed by atoms with E-state index < -0.39 is 4.92 Å². The lowest BCUT2D eigenvalue weighted by molar-refractivity contribution is -0.384. The molecule has 0 aliphatic carbocycles. The van der Waals surface area contributed by atoms with Gasteiger partial charge in [-0.3, -0.25) is 19.8 Å². The number of hydrogen-bond donors (Lipinski definition) is 0. The highest BCUT2D eigenvalue weighted by Crippen LogP contribution is 2.35. The quantitative estimate of drug-likeness (QED) is 0.194. The fraction of sp³-hybridized carbons (Fsp3) is 0.238. The highest BCUT2D eigenvalue weighted by Gasteiger charge is 2.31. The second-order valence-corrected chi connectivity index (χ2v) is 8.09. The van der Waals surface area contributed by atoms with Crippen molar-refractivity contribution in [2.45, 2.75) is 13.8 Å². The Hall–Kier alpha value is -2.91. The summed E-state index contributed by atoms with van der Waals surface area (Å²) in [5.41, 5.74) is 1.45. The van der Waals surface area contributed by atoms with Crippen LogP contribution in [0.2, 0.25) is 0 Å². The van der Waals surface area contributed by atoms with Crippen LogP contribution in [-0.4, -0.2) is 39.8 Å². The molecule has 1 aliphatic heterocycles. The van der Waals surface area contributed by atoms with Crippen molar-refractivity contribution in [3.63, 3.8) is 0 Å². The number of nitro benzene ring substituents is 1. The number of carbonyl (C=O) groups excluding carboxylic acids is 1. The van der Waals surface area contributed by atoms with Gasteiger partial charge in [0.2, 0.25) is 0 Å². The van der Waals surface area contributed by atoms with E-state index in [9.17, 15) is 14.9 Å². The maximum Gasteiger partial charge on any atom is 0.270 e. The molecule has 0 saturated carbocycles. The van der Waals surface area contributed by atoms with Crippen LogP contribution in [0.25, 0.3) is 6.08 Å². The fourth-order valence-corrected chi connectivity index (χ4v) is 4.20. The first-order valence-corrected chi connectivity index (χ1v) is 10.5. The summed E-state index contributed by atoms with van der Waals surface area (Å²) in [6.07, 6.45) is 1.58. The molecule has 1 saturated heterocycles. The number of aryl methyl sites for hydroxylation is 1. The summed E-state index contributed by atoms with van der Waals surface area (Å²) >= 11 is 6.39. The van der Waals surface area contributed by atoms with Crippen molar-refractivity contribution in [2.24, 2.45) is 0 Å². The van der Waals surface area contributed by atoms with Crippen LogP contribution in [0.1, 0.15) is 18.1 Å². The van der Waals surface area contributed by atoms with Gasteiger partial charge >= 0.3 is 0 Å². The Morgan fingerprint density at radius 3 is 2.63 bits per heavy atom. The maximum absolute atomic E-state index is 12.5. The Kier molecular flexibility index (Phi) is 7.07. The second-order valence-electron chi connectivity index (χ2n) is 6.42. The molecule has 1 heterocycles. The third-order valence-corrected chi connectivity index (χ3v) is 5.66. The Bertz CT molecular complexity index is 1020. The van der Waals surface area contributed by atoms with E-state index in [1.54, 1.807) is 6.08 Å². The summed E-state index contributed by atoms with van der Waals surface area (Å²) < 4.78 is 11.9. The molecule has 30 heavy (non-hydrogen) atoms. The molecule has 2 aromatic rings. The van der Waals surface area contributed by atoms with Crippen molar-refractivity contribution in [3.8, 4) is 11.5 Å². The van der Waals surface area contributed by atoms with E-state index in [4.69, 9.17) is 21.7 Å². The molecule has 156 valence electrons. The number of likely N-dealkylation sites (N-methyl/N-ethyl adjacent to an activating group) is 1. The number of ether oxygens (including phenoxy) is 2. The summed E-state index contributed by atoms with van der Waals surface area (Å²) in [4.78, 5) is 25.1. The maximum atomic E-state index is 12.5. The summed E-state index contributed by atoms with van der Waals surface area (Å²) in [7, 11) is 0. The average molecular weight is 445 g/mol. The minimum Gasteiger partial charge on any atom is -0.490 e. The Morgan fingerprint density at radius 1 is 1.20 bits per heavy atom. The number of thiocarbonyl (C=S) groups is 1. The number of hydrogen-bond acceptors (Lipinski definition) is 7. The topological polar surface area (TPSA) is 81.9 Å². The van der Waals surface area contributed by atoms with E-state index in [0.29, 0.717) is 33.7 Å². The van der Waals surface area contributed by atoms with Crippen LogP contribution in [-0.2, 0) is 4.79 Å². The minimum absolute atomic E-state index is 0.0874. The van der Waals surface area contributed by atoms with Gasteiger partial charge < -0.3 is 9.47 Å². The van der Waals surface area contributed by atoms with Gasteiger partial charge in [-0.1, -0.05) is 36.1 Å². The van der Waals surface area contributed by atoms with Crippen LogP contribution in [0.5, 0.6) is 11.5 Å². The lowest BCUT2D eigenvalue weighted by atomic mass is 10.1. The number of non-ortho nitro benzene ring substituents is 1. The van der Waals surface area contributed by atoms with Gasteiger partial charge in [-0.15, -0.1) is 0 Å². The molecule has 9 heteroatoms. The summed E-state index contributed by atoms with van der Waals surface area (Å²) in [6, 6.07) is 11.9. The lowest BCUT2D eigenvalue weighted by Crippen LogP contribution is -2.27. The normalized spacial score (nSPS) is 15.0. The molecule has 0 radical (unpaired) electrons. The molecule has 0 spiro atoms. The van der Waals surface area contributed by atoms with E-state index >= 15 is 0 Å². The standard InChI is InChI=1S/C21H20N2O5S2/c1-3-22-20(24)19(30-21(22)29)13-15-12-16(23(25)26)7-8-18(15)28-10-9-27-17-6-4-5-14(2)11-17/h4-8,11-13H,3,9-10H2,1-2H3/b19-13+. The van der Waals surface area contributed by atoms with E-state index in [2.05, 4.69) is 0 Å². The number of rotatable bonds is 8. The second kappa shape index (κ2) is 9.73. The number of amides is 1. The largest absolute Gasteiger partial charge is 0.490 e. The third-order valence-electron chi connectivity index (χ3n) is 4.28. The molecule has 0 bridgehead atoms. The van der Waals surface area contributed by atoms with Crippen LogP contribution in [0.4, 0.5) is 5.69 Å². The summed E-state index contributed by atoms with van der Waals surface area (Å²) in [6.45, 7) is 4.83. The molecule has 0 atom stereocenters. The molecule has 0 N–H and O–H groups in total. The smallest absolute Gasteiger partial charge is 0.270 e. The van der Waals surface area contributed by atoms with Crippen molar-refractivity contribution in [1.82, 2.24) is 4.90 Å². The molecule has 3 rings (SSSR count). The summed E-state index contributed by atoms with van der Waals surface area (Å²) in [5, 5.41) is 11.2. The minimum atomic E-state index is -0.487. The molecular weight excluding hydrogens is 424 g/mol. The van der Waals surface area contributed by atoms with Crippen LogP contribution < -0.4 is 9.47 Å². The third kappa shape index (κ3) is 5.17. The van der Waals surface area contributed by atoms with Crippen molar-refractivity contribution < 1.29 is 19.2 Å². The molecule has 7 nitrogen and oxygen atoms in total. The Morgan fingerprint density at radius 2 is 1.97 bits per heavy atom.